The summed E-state index contributed by atoms with van der Waals surface area (Å²) in [5, 5.41) is 22.4. The maximum atomic E-state index is 11.7. The molecular formula is C21H24N4O3. The van der Waals surface area contributed by atoms with Crippen LogP contribution in [-0.4, -0.2) is 31.1 Å². The average molecular weight is 380 g/mol. The number of Topliss-reactive ketones (excluding diaryl/α,β-unsaturated/α-hetero) is 1. The SMILES string of the molecule is CCCc1c(COc2ccc(Cc3nnn(C)n3)cc2)ccc(C(C)=O)c1O. The fraction of sp³-hybridized carbons (Fsp3) is 0.333. The molecule has 2 aromatic carbocycles. The number of hydrogen-bond acceptors (Lipinski definition) is 6. The highest BCUT2D eigenvalue weighted by Crippen LogP contribution is 2.29. The number of hydrogen-bond donors (Lipinski definition) is 1. The summed E-state index contributed by atoms with van der Waals surface area (Å²) in [5.74, 6) is 1.33. The fourth-order valence-electron chi connectivity index (χ4n) is 3.07. The van der Waals surface area contributed by atoms with Crippen LogP contribution >= 0.6 is 0 Å². The first-order valence-electron chi connectivity index (χ1n) is 9.27. The third kappa shape index (κ3) is 4.54. The van der Waals surface area contributed by atoms with Crippen LogP contribution in [0.4, 0.5) is 0 Å². The number of ketones is 1. The molecule has 0 aliphatic rings. The molecule has 0 aliphatic carbocycles. The number of tetrazole rings is 1. The molecule has 0 amide bonds. The normalized spacial score (nSPS) is 10.8. The lowest BCUT2D eigenvalue weighted by molar-refractivity contribution is 0.101. The molecule has 0 unspecified atom stereocenters. The molecule has 7 nitrogen and oxygen atoms in total. The van der Waals surface area contributed by atoms with Crippen LogP contribution in [0.1, 0.15) is 53.1 Å². The molecule has 0 spiro atoms. The van der Waals surface area contributed by atoms with Gasteiger partial charge < -0.3 is 9.84 Å². The minimum absolute atomic E-state index is 0.0715. The van der Waals surface area contributed by atoms with E-state index >= 15 is 0 Å². The quantitative estimate of drug-likeness (QED) is 0.604. The summed E-state index contributed by atoms with van der Waals surface area (Å²) >= 11 is 0. The van der Waals surface area contributed by atoms with Crippen molar-refractivity contribution in [3.8, 4) is 11.5 Å². The van der Waals surface area contributed by atoms with E-state index in [4.69, 9.17) is 4.74 Å². The van der Waals surface area contributed by atoms with Gasteiger partial charge in [-0.1, -0.05) is 31.5 Å². The Labute approximate surface area is 164 Å². The highest BCUT2D eigenvalue weighted by Gasteiger charge is 2.15. The predicted molar refractivity (Wildman–Crippen MR) is 104 cm³/mol. The molecule has 1 aromatic heterocycles. The lowest BCUT2D eigenvalue weighted by atomic mass is 9.97. The molecule has 7 heteroatoms. The van der Waals surface area contributed by atoms with Gasteiger partial charge in [0.25, 0.3) is 0 Å². The Hall–Kier alpha value is -3.22. The number of ether oxygens (including phenoxy) is 1. The van der Waals surface area contributed by atoms with Gasteiger partial charge in [0, 0.05) is 12.0 Å². The van der Waals surface area contributed by atoms with E-state index in [0.717, 1.165) is 28.9 Å². The van der Waals surface area contributed by atoms with Gasteiger partial charge in [0.1, 0.15) is 18.1 Å². The largest absolute Gasteiger partial charge is 0.507 e. The molecule has 1 heterocycles. The van der Waals surface area contributed by atoms with Gasteiger partial charge in [0.2, 0.25) is 0 Å². The van der Waals surface area contributed by atoms with E-state index in [9.17, 15) is 9.90 Å². The van der Waals surface area contributed by atoms with Crippen LogP contribution in [0.15, 0.2) is 36.4 Å². The third-order valence-corrected chi connectivity index (χ3v) is 4.49. The van der Waals surface area contributed by atoms with Gasteiger partial charge in [-0.25, -0.2) is 0 Å². The van der Waals surface area contributed by atoms with Crippen LogP contribution in [0.2, 0.25) is 0 Å². The molecule has 28 heavy (non-hydrogen) atoms. The molecule has 0 fully saturated rings. The van der Waals surface area contributed by atoms with Crippen molar-refractivity contribution in [2.45, 2.75) is 39.7 Å². The molecule has 3 rings (SSSR count). The summed E-state index contributed by atoms with van der Waals surface area (Å²) in [6.45, 7) is 3.82. The lowest BCUT2D eigenvalue weighted by Crippen LogP contribution is -2.04. The number of aromatic hydroxyl groups is 1. The van der Waals surface area contributed by atoms with E-state index in [0.29, 0.717) is 30.8 Å². The van der Waals surface area contributed by atoms with E-state index in [1.54, 1.807) is 13.1 Å². The van der Waals surface area contributed by atoms with E-state index < -0.39 is 0 Å². The summed E-state index contributed by atoms with van der Waals surface area (Å²) in [6, 6.07) is 11.2. The number of phenolic OH excluding ortho intramolecular Hbond substituents is 1. The number of aromatic nitrogens is 4. The van der Waals surface area contributed by atoms with Crippen molar-refractivity contribution >= 4 is 5.78 Å². The first-order valence-corrected chi connectivity index (χ1v) is 9.27. The number of rotatable bonds is 8. The van der Waals surface area contributed by atoms with Crippen molar-refractivity contribution in [2.75, 3.05) is 0 Å². The van der Waals surface area contributed by atoms with Crippen LogP contribution in [0, 0.1) is 0 Å². The average Bonchev–Trinajstić information content (AvgIpc) is 3.08. The van der Waals surface area contributed by atoms with Crippen LogP contribution < -0.4 is 4.74 Å². The summed E-state index contributed by atoms with van der Waals surface area (Å²) in [7, 11) is 1.74. The lowest BCUT2D eigenvalue weighted by Gasteiger charge is -2.14. The molecule has 0 aliphatic heterocycles. The van der Waals surface area contributed by atoms with E-state index in [1.807, 2.05) is 37.3 Å². The second-order valence-corrected chi connectivity index (χ2v) is 6.71. The molecule has 0 saturated carbocycles. The molecule has 0 saturated heterocycles. The number of carbonyl (C=O) groups excluding carboxylic acids is 1. The molecule has 0 atom stereocenters. The van der Waals surface area contributed by atoms with Crippen molar-refractivity contribution in [1.29, 1.82) is 0 Å². The van der Waals surface area contributed by atoms with E-state index in [-0.39, 0.29) is 11.5 Å². The molecule has 146 valence electrons. The minimum atomic E-state index is -0.143. The Morgan fingerprint density at radius 2 is 1.93 bits per heavy atom. The molecule has 1 N–H and O–H groups in total. The first kappa shape index (κ1) is 19.5. The number of benzene rings is 2. The van der Waals surface area contributed by atoms with Gasteiger partial charge in [0.15, 0.2) is 11.6 Å². The van der Waals surface area contributed by atoms with Crippen molar-refractivity contribution < 1.29 is 14.6 Å². The second kappa shape index (κ2) is 8.65. The molecule has 0 radical (unpaired) electrons. The van der Waals surface area contributed by atoms with Crippen LogP contribution in [0.3, 0.4) is 0 Å². The van der Waals surface area contributed by atoms with E-state index in [2.05, 4.69) is 15.4 Å². The van der Waals surface area contributed by atoms with Gasteiger partial charge in [-0.2, -0.15) is 4.80 Å². The highest BCUT2D eigenvalue weighted by atomic mass is 16.5. The zero-order valence-electron chi connectivity index (χ0n) is 16.3. The maximum absolute atomic E-state index is 11.7. The van der Waals surface area contributed by atoms with Gasteiger partial charge in [-0.05, 0) is 47.9 Å². The predicted octanol–water partition coefficient (Wildman–Crippen LogP) is 3.24. The first-order chi connectivity index (χ1) is 13.5. The summed E-state index contributed by atoms with van der Waals surface area (Å²) in [5.41, 5.74) is 3.09. The molecule has 0 bridgehead atoms. The molecular weight excluding hydrogens is 356 g/mol. The Balaban J connectivity index is 1.69. The Bertz CT molecular complexity index is 964. The van der Waals surface area contributed by atoms with E-state index in [1.165, 1.54) is 11.7 Å². The van der Waals surface area contributed by atoms with Crippen molar-refractivity contribution in [1.82, 2.24) is 20.2 Å². The van der Waals surface area contributed by atoms with Gasteiger partial charge in [0.05, 0.1) is 12.6 Å². The number of nitrogens with zero attached hydrogens (tertiary/aromatic N) is 4. The van der Waals surface area contributed by atoms with Crippen molar-refractivity contribution in [2.24, 2.45) is 7.05 Å². The monoisotopic (exact) mass is 380 g/mol. The van der Waals surface area contributed by atoms with Crippen LogP contribution in [-0.2, 0) is 26.5 Å². The summed E-state index contributed by atoms with van der Waals surface area (Å²) in [4.78, 5) is 13.1. The second-order valence-electron chi connectivity index (χ2n) is 6.71. The van der Waals surface area contributed by atoms with Crippen LogP contribution in [0.5, 0.6) is 11.5 Å². The maximum Gasteiger partial charge on any atom is 0.179 e. The Morgan fingerprint density at radius 1 is 1.18 bits per heavy atom. The van der Waals surface area contributed by atoms with Crippen molar-refractivity contribution in [3.63, 3.8) is 0 Å². The molecule has 3 aromatic rings. The Kier molecular flexibility index (Phi) is 6.03. The number of carbonyl (C=O) groups is 1. The Morgan fingerprint density at radius 3 is 2.54 bits per heavy atom. The summed E-state index contributed by atoms with van der Waals surface area (Å²) < 4.78 is 5.90. The summed E-state index contributed by atoms with van der Waals surface area (Å²) in [6.07, 6.45) is 2.16. The van der Waals surface area contributed by atoms with Gasteiger partial charge >= 0.3 is 0 Å². The minimum Gasteiger partial charge on any atom is -0.507 e. The fourth-order valence-corrected chi connectivity index (χ4v) is 3.07. The van der Waals surface area contributed by atoms with Crippen molar-refractivity contribution in [3.05, 3.63) is 64.5 Å². The topological polar surface area (TPSA) is 90.1 Å². The smallest absolute Gasteiger partial charge is 0.179 e. The number of aryl methyl sites for hydroxylation is 1. The van der Waals surface area contributed by atoms with Gasteiger partial charge in [-0.15, -0.1) is 10.2 Å². The highest BCUT2D eigenvalue weighted by molar-refractivity contribution is 5.97. The zero-order chi connectivity index (χ0) is 20.1. The standard InChI is InChI=1S/C21H24N4O3/c1-4-5-19-16(8-11-18(14(2)26)21(19)27)13-28-17-9-6-15(7-10-17)12-20-22-24-25(3)23-20/h6-11,27H,4-5,12-13H2,1-3H3. The van der Waals surface area contributed by atoms with Gasteiger partial charge in [-0.3, -0.25) is 4.79 Å². The van der Waals surface area contributed by atoms with Crippen LogP contribution in [0.25, 0.3) is 0 Å². The number of phenols is 1. The third-order valence-electron chi connectivity index (χ3n) is 4.49. The zero-order valence-corrected chi connectivity index (χ0v) is 16.3.